The molecule has 18 heavy (non-hydrogen) atoms. The number of hydrogen-bond donors (Lipinski definition) is 0. The minimum absolute atomic E-state index is 0.758. The summed E-state index contributed by atoms with van der Waals surface area (Å²) in [6, 6.07) is 12.0. The predicted molar refractivity (Wildman–Crippen MR) is 79.7 cm³/mol. The number of nitrogens with zero attached hydrogens (tertiary/aromatic N) is 1. The maximum atomic E-state index is 5.88. The molecule has 1 aromatic carbocycles. The number of thiazole rings is 1. The van der Waals surface area contributed by atoms with Crippen LogP contribution in [-0.2, 0) is 6.42 Å². The van der Waals surface area contributed by atoms with Gasteiger partial charge in [0.1, 0.15) is 5.01 Å². The molecule has 0 bridgehead atoms. The average Bonchev–Trinajstić information content (AvgIpc) is 3.02. The third kappa shape index (κ3) is 2.64. The Morgan fingerprint density at radius 2 is 1.89 bits per heavy atom. The van der Waals surface area contributed by atoms with E-state index in [0.29, 0.717) is 0 Å². The van der Waals surface area contributed by atoms with Gasteiger partial charge in [-0.1, -0.05) is 29.8 Å². The highest BCUT2D eigenvalue weighted by Crippen LogP contribution is 2.26. The van der Waals surface area contributed by atoms with E-state index in [1.165, 1.54) is 4.88 Å². The lowest BCUT2D eigenvalue weighted by Gasteiger charge is -1.96. The van der Waals surface area contributed by atoms with Gasteiger partial charge in [-0.15, -0.1) is 22.7 Å². The third-order valence-corrected chi connectivity index (χ3v) is 4.65. The normalized spacial score (nSPS) is 10.7. The molecule has 3 rings (SSSR count). The van der Waals surface area contributed by atoms with Crippen LogP contribution in [0, 0.1) is 0 Å². The van der Waals surface area contributed by atoms with E-state index in [1.54, 1.807) is 22.7 Å². The monoisotopic (exact) mass is 291 g/mol. The first kappa shape index (κ1) is 11.9. The van der Waals surface area contributed by atoms with Gasteiger partial charge in [0.05, 0.1) is 5.69 Å². The molecule has 0 aliphatic rings. The Kier molecular flexibility index (Phi) is 3.46. The summed E-state index contributed by atoms with van der Waals surface area (Å²) in [6.45, 7) is 0. The van der Waals surface area contributed by atoms with Crippen LogP contribution in [0.2, 0.25) is 5.02 Å². The van der Waals surface area contributed by atoms with E-state index >= 15 is 0 Å². The highest BCUT2D eigenvalue weighted by molar-refractivity contribution is 7.13. The maximum Gasteiger partial charge on any atom is 0.123 e. The number of thiophene rings is 1. The second-order valence-electron chi connectivity index (χ2n) is 3.91. The molecule has 1 nitrogen and oxygen atoms in total. The first-order valence-electron chi connectivity index (χ1n) is 5.54. The Balaban J connectivity index is 1.83. The van der Waals surface area contributed by atoms with Gasteiger partial charge >= 0.3 is 0 Å². The van der Waals surface area contributed by atoms with Gasteiger partial charge < -0.3 is 0 Å². The zero-order valence-electron chi connectivity index (χ0n) is 9.47. The van der Waals surface area contributed by atoms with Crippen LogP contribution in [0.25, 0.3) is 10.6 Å². The molecule has 0 saturated carbocycles. The standard InChI is InChI=1S/C14H10ClNS2/c15-11-5-3-10(4-6-11)14-16-12(9-18-14)8-13-2-1-7-17-13/h1-7,9H,8H2. The zero-order chi connectivity index (χ0) is 12.4. The lowest BCUT2D eigenvalue weighted by molar-refractivity contribution is 1.14. The molecule has 0 atom stereocenters. The van der Waals surface area contributed by atoms with Crippen LogP contribution in [0.5, 0.6) is 0 Å². The summed E-state index contributed by atoms with van der Waals surface area (Å²) in [5.41, 5.74) is 2.26. The first-order valence-corrected chi connectivity index (χ1v) is 7.68. The average molecular weight is 292 g/mol. The van der Waals surface area contributed by atoms with E-state index in [9.17, 15) is 0 Å². The summed E-state index contributed by atoms with van der Waals surface area (Å²) in [4.78, 5) is 6.02. The molecule has 2 aromatic heterocycles. The molecule has 0 unspecified atom stereocenters. The predicted octanol–water partition coefficient (Wildman–Crippen LogP) is 5.12. The Hall–Kier alpha value is -1.16. The minimum atomic E-state index is 0.758. The largest absolute Gasteiger partial charge is 0.241 e. The van der Waals surface area contributed by atoms with E-state index in [-0.39, 0.29) is 0 Å². The number of rotatable bonds is 3. The minimum Gasteiger partial charge on any atom is -0.241 e. The van der Waals surface area contributed by atoms with Crippen molar-refractivity contribution in [1.29, 1.82) is 0 Å². The van der Waals surface area contributed by atoms with E-state index in [0.717, 1.165) is 27.7 Å². The molecular formula is C14H10ClNS2. The van der Waals surface area contributed by atoms with Crippen LogP contribution >= 0.6 is 34.3 Å². The molecule has 90 valence electrons. The summed E-state index contributed by atoms with van der Waals surface area (Å²) < 4.78 is 0. The van der Waals surface area contributed by atoms with Crippen LogP contribution in [0.15, 0.2) is 47.2 Å². The van der Waals surface area contributed by atoms with E-state index in [2.05, 4.69) is 27.9 Å². The van der Waals surface area contributed by atoms with Gasteiger partial charge in [-0.3, -0.25) is 0 Å². The Bertz CT molecular complexity index is 626. The number of halogens is 1. The smallest absolute Gasteiger partial charge is 0.123 e. The number of benzene rings is 1. The van der Waals surface area contributed by atoms with Gasteiger partial charge in [0.15, 0.2) is 0 Å². The van der Waals surface area contributed by atoms with Crippen molar-refractivity contribution in [3.63, 3.8) is 0 Å². The molecule has 0 saturated heterocycles. The summed E-state index contributed by atoms with van der Waals surface area (Å²) in [5.74, 6) is 0. The molecule has 0 N–H and O–H groups in total. The molecule has 4 heteroatoms. The topological polar surface area (TPSA) is 12.9 Å². The Morgan fingerprint density at radius 3 is 2.61 bits per heavy atom. The van der Waals surface area contributed by atoms with Crippen molar-refractivity contribution < 1.29 is 0 Å². The van der Waals surface area contributed by atoms with Crippen molar-refractivity contribution >= 4 is 34.3 Å². The number of hydrogen-bond acceptors (Lipinski definition) is 3. The quantitative estimate of drug-likeness (QED) is 0.653. The lowest BCUT2D eigenvalue weighted by Crippen LogP contribution is -1.84. The molecule has 0 aliphatic carbocycles. The van der Waals surface area contributed by atoms with Crippen LogP contribution in [-0.4, -0.2) is 4.98 Å². The van der Waals surface area contributed by atoms with Crippen molar-refractivity contribution in [3.8, 4) is 10.6 Å². The van der Waals surface area contributed by atoms with Crippen molar-refractivity contribution in [2.75, 3.05) is 0 Å². The molecule has 0 amide bonds. The fraction of sp³-hybridized carbons (Fsp3) is 0.0714. The van der Waals surface area contributed by atoms with Gasteiger partial charge in [0, 0.05) is 27.3 Å². The summed E-state index contributed by atoms with van der Waals surface area (Å²) in [6.07, 6.45) is 0.918. The summed E-state index contributed by atoms with van der Waals surface area (Å²) in [7, 11) is 0. The molecule has 3 aromatic rings. The van der Waals surface area contributed by atoms with Gasteiger partial charge in [0.2, 0.25) is 0 Å². The zero-order valence-corrected chi connectivity index (χ0v) is 11.9. The van der Waals surface area contributed by atoms with Crippen molar-refractivity contribution in [3.05, 3.63) is 62.8 Å². The summed E-state index contributed by atoms with van der Waals surface area (Å²) >= 11 is 9.34. The molecular weight excluding hydrogens is 282 g/mol. The first-order chi connectivity index (χ1) is 8.81. The molecule has 0 spiro atoms. The highest BCUT2D eigenvalue weighted by atomic mass is 35.5. The number of aromatic nitrogens is 1. The highest BCUT2D eigenvalue weighted by Gasteiger charge is 2.05. The van der Waals surface area contributed by atoms with Crippen LogP contribution < -0.4 is 0 Å². The van der Waals surface area contributed by atoms with Gasteiger partial charge in [-0.2, -0.15) is 0 Å². The Labute approximate surface area is 119 Å². The Morgan fingerprint density at radius 1 is 1.06 bits per heavy atom. The van der Waals surface area contributed by atoms with Gasteiger partial charge in [0.25, 0.3) is 0 Å². The van der Waals surface area contributed by atoms with Crippen molar-refractivity contribution in [1.82, 2.24) is 4.98 Å². The summed E-state index contributed by atoms with van der Waals surface area (Å²) in [5, 5.41) is 6.04. The van der Waals surface area contributed by atoms with Crippen LogP contribution in [0.4, 0.5) is 0 Å². The second-order valence-corrected chi connectivity index (χ2v) is 6.23. The molecule has 2 heterocycles. The van der Waals surface area contributed by atoms with E-state index in [4.69, 9.17) is 11.6 Å². The van der Waals surface area contributed by atoms with Crippen LogP contribution in [0.1, 0.15) is 10.6 Å². The van der Waals surface area contributed by atoms with E-state index in [1.807, 2.05) is 24.3 Å². The third-order valence-electron chi connectivity index (χ3n) is 2.58. The maximum absolute atomic E-state index is 5.88. The fourth-order valence-electron chi connectivity index (χ4n) is 1.70. The van der Waals surface area contributed by atoms with Crippen LogP contribution in [0.3, 0.4) is 0 Å². The van der Waals surface area contributed by atoms with Crippen molar-refractivity contribution in [2.24, 2.45) is 0 Å². The van der Waals surface area contributed by atoms with Gasteiger partial charge in [-0.05, 0) is 23.6 Å². The van der Waals surface area contributed by atoms with E-state index < -0.39 is 0 Å². The fourth-order valence-corrected chi connectivity index (χ4v) is 3.38. The van der Waals surface area contributed by atoms with Gasteiger partial charge in [-0.25, -0.2) is 4.98 Å². The molecule has 0 aliphatic heterocycles. The SMILES string of the molecule is Clc1ccc(-c2nc(Cc3cccs3)cs2)cc1. The molecule has 0 fully saturated rings. The van der Waals surface area contributed by atoms with Crippen molar-refractivity contribution in [2.45, 2.75) is 6.42 Å². The second kappa shape index (κ2) is 5.22. The molecule has 0 radical (unpaired) electrons. The lowest BCUT2D eigenvalue weighted by atomic mass is 10.2.